The summed E-state index contributed by atoms with van der Waals surface area (Å²) in [6.07, 6.45) is -2.84. The lowest BCUT2D eigenvalue weighted by Crippen LogP contribution is -2.29. The summed E-state index contributed by atoms with van der Waals surface area (Å²) in [5, 5.41) is 9.78. The van der Waals surface area contributed by atoms with E-state index in [0.29, 0.717) is 49.7 Å². The third-order valence-corrected chi connectivity index (χ3v) is 5.43. The van der Waals surface area contributed by atoms with E-state index in [1.54, 1.807) is 11.0 Å². The van der Waals surface area contributed by atoms with Gasteiger partial charge in [0.15, 0.2) is 5.69 Å². The highest BCUT2D eigenvalue weighted by molar-refractivity contribution is 5.77. The van der Waals surface area contributed by atoms with Gasteiger partial charge < -0.3 is 14.2 Å². The maximum Gasteiger partial charge on any atom is 0.435 e. The maximum atomic E-state index is 13.1. The van der Waals surface area contributed by atoms with Gasteiger partial charge in [0.1, 0.15) is 5.76 Å². The topological polar surface area (TPSA) is 84.2 Å². The number of ether oxygens (including phenoxy) is 1. The number of nitrogens with zero attached hydrogens (tertiary/aromatic N) is 3. The molecule has 146 valence electrons. The lowest BCUT2D eigenvalue weighted by atomic mass is 9.80. The number of hydrogen-bond donors (Lipinski definition) is 1. The van der Waals surface area contributed by atoms with E-state index < -0.39 is 11.9 Å². The zero-order valence-electron chi connectivity index (χ0n) is 14.7. The van der Waals surface area contributed by atoms with Gasteiger partial charge in [0, 0.05) is 49.2 Å². The standard InChI is InChI=1S/C17H19F3N4O3/c1-26-13-6-10(27-23-13)3-5-14(25)24-7-9-2-4-11-15(12(9)8-24)21-22-16(11)17(18,19)20/h6,9,12H,2-5,7-8H2,1H3,(H,21,22)/t9-,12+/m1/s1. The van der Waals surface area contributed by atoms with Crippen LogP contribution in [0.1, 0.15) is 41.5 Å². The van der Waals surface area contributed by atoms with Crippen molar-refractivity contribution in [3.05, 3.63) is 28.8 Å². The van der Waals surface area contributed by atoms with Crippen molar-refractivity contribution in [1.82, 2.24) is 20.3 Å². The number of fused-ring (bicyclic) bond motifs is 3. The van der Waals surface area contributed by atoms with Gasteiger partial charge >= 0.3 is 6.18 Å². The molecule has 1 saturated heterocycles. The van der Waals surface area contributed by atoms with Gasteiger partial charge in [-0.2, -0.15) is 18.3 Å². The Kier molecular flexibility index (Phi) is 4.35. The lowest BCUT2D eigenvalue weighted by molar-refractivity contribution is -0.141. The average molecular weight is 384 g/mol. The zero-order chi connectivity index (χ0) is 19.2. The zero-order valence-corrected chi connectivity index (χ0v) is 14.7. The molecular weight excluding hydrogens is 365 g/mol. The van der Waals surface area contributed by atoms with E-state index >= 15 is 0 Å². The first-order valence-electron chi connectivity index (χ1n) is 8.78. The van der Waals surface area contributed by atoms with Gasteiger partial charge in [-0.05, 0) is 23.9 Å². The van der Waals surface area contributed by atoms with Crippen molar-refractivity contribution in [1.29, 1.82) is 0 Å². The number of carbonyl (C=O) groups is 1. The van der Waals surface area contributed by atoms with E-state index in [1.807, 2.05) is 0 Å². The molecule has 0 saturated carbocycles. The van der Waals surface area contributed by atoms with Gasteiger partial charge in [-0.15, -0.1) is 0 Å². The molecule has 7 nitrogen and oxygen atoms in total. The van der Waals surface area contributed by atoms with Crippen molar-refractivity contribution in [2.45, 2.75) is 37.8 Å². The molecule has 1 aliphatic carbocycles. The second-order valence-electron chi connectivity index (χ2n) is 7.00. The molecule has 2 atom stereocenters. The predicted octanol–water partition coefficient (Wildman–Crippen LogP) is 2.55. The monoisotopic (exact) mass is 384 g/mol. The minimum atomic E-state index is -4.46. The summed E-state index contributed by atoms with van der Waals surface area (Å²) in [5.41, 5.74) is -0.0272. The number of nitrogens with one attached hydrogen (secondary N) is 1. The Labute approximate surface area is 152 Å². The number of aromatic amines is 1. The molecule has 2 aromatic rings. The number of H-pyrrole nitrogens is 1. The van der Waals surface area contributed by atoms with Crippen molar-refractivity contribution < 1.29 is 27.2 Å². The number of aryl methyl sites for hydroxylation is 1. The van der Waals surface area contributed by atoms with Gasteiger partial charge in [-0.1, -0.05) is 0 Å². The van der Waals surface area contributed by atoms with E-state index in [4.69, 9.17) is 9.26 Å². The summed E-state index contributed by atoms with van der Waals surface area (Å²) in [6.45, 7) is 0.971. The van der Waals surface area contributed by atoms with Crippen molar-refractivity contribution in [2.24, 2.45) is 5.92 Å². The Bertz CT molecular complexity index is 845. The number of aromatic nitrogens is 3. The first kappa shape index (κ1) is 17.9. The van der Waals surface area contributed by atoms with Crippen LogP contribution in [0, 0.1) is 5.92 Å². The van der Waals surface area contributed by atoms with E-state index in [0.717, 1.165) is 0 Å². The van der Waals surface area contributed by atoms with Crippen molar-refractivity contribution in [3.8, 4) is 5.88 Å². The molecule has 10 heteroatoms. The van der Waals surface area contributed by atoms with Crippen LogP contribution in [0.15, 0.2) is 10.6 Å². The summed E-state index contributed by atoms with van der Waals surface area (Å²) < 4.78 is 49.2. The van der Waals surface area contributed by atoms with Gasteiger partial charge in [0.2, 0.25) is 5.91 Å². The number of likely N-dealkylation sites (tertiary alicyclic amines) is 1. The van der Waals surface area contributed by atoms with Gasteiger partial charge in [0.05, 0.1) is 7.11 Å². The molecule has 4 rings (SSSR count). The highest BCUT2D eigenvalue weighted by Gasteiger charge is 2.45. The highest BCUT2D eigenvalue weighted by Crippen LogP contribution is 2.44. The number of hydrogen-bond acceptors (Lipinski definition) is 5. The molecule has 1 N–H and O–H groups in total. The van der Waals surface area contributed by atoms with Crippen LogP contribution in [0.5, 0.6) is 5.88 Å². The molecule has 2 aromatic heterocycles. The Balaban J connectivity index is 1.42. The number of alkyl halides is 3. The number of carbonyl (C=O) groups excluding carboxylic acids is 1. The molecule has 0 unspecified atom stereocenters. The molecule has 3 heterocycles. The third kappa shape index (κ3) is 3.28. The fourth-order valence-corrected chi connectivity index (χ4v) is 4.09. The van der Waals surface area contributed by atoms with Crippen LogP contribution in [0.3, 0.4) is 0 Å². The van der Waals surface area contributed by atoms with E-state index in [2.05, 4.69) is 15.4 Å². The minimum Gasteiger partial charge on any atom is -0.479 e. The van der Waals surface area contributed by atoms with Crippen LogP contribution in [0.4, 0.5) is 13.2 Å². The smallest absolute Gasteiger partial charge is 0.435 e. The fourth-order valence-electron chi connectivity index (χ4n) is 4.09. The Morgan fingerprint density at radius 2 is 2.26 bits per heavy atom. The molecule has 27 heavy (non-hydrogen) atoms. The van der Waals surface area contributed by atoms with Gasteiger partial charge in [-0.3, -0.25) is 9.89 Å². The number of amides is 1. The number of methoxy groups -OCH3 is 1. The van der Waals surface area contributed by atoms with Crippen LogP contribution < -0.4 is 4.74 Å². The Morgan fingerprint density at radius 3 is 2.96 bits per heavy atom. The SMILES string of the molecule is COc1cc(CCC(=O)N2C[C@H]3CCc4c(C(F)(F)F)n[nH]c4[C@H]3C2)on1. The molecule has 0 bridgehead atoms. The Morgan fingerprint density at radius 1 is 1.44 bits per heavy atom. The summed E-state index contributed by atoms with van der Waals surface area (Å²) in [5.74, 6) is 0.913. The number of halogens is 3. The Hall–Kier alpha value is -2.52. The second-order valence-corrected chi connectivity index (χ2v) is 7.00. The highest BCUT2D eigenvalue weighted by atomic mass is 19.4. The van der Waals surface area contributed by atoms with E-state index in [1.165, 1.54) is 7.11 Å². The molecule has 2 aliphatic rings. The lowest BCUT2D eigenvalue weighted by Gasteiger charge is -2.24. The normalized spacial score (nSPS) is 21.9. The summed E-state index contributed by atoms with van der Waals surface area (Å²) in [4.78, 5) is 14.3. The van der Waals surface area contributed by atoms with Crippen LogP contribution >= 0.6 is 0 Å². The molecule has 1 fully saturated rings. The fraction of sp³-hybridized carbons (Fsp3) is 0.588. The number of rotatable bonds is 4. The van der Waals surface area contributed by atoms with Crippen LogP contribution in [0.2, 0.25) is 0 Å². The van der Waals surface area contributed by atoms with Crippen molar-refractivity contribution in [2.75, 3.05) is 20.2 Å². The van der Waals surface area contributed by atoms with Crippen molar-refractivity contribution in [3.63, 3.8) is 0 Å². The van der Waals surface area contributed by atoms with Crippen LogP contribution in [-0.2, 0) is 23.8 Å². The molecule has 0 radical (unpaired) electrons. The minimum absolute atomic E-state index is 0.0446. The van der Waals surface area contributed by atoms with E-state index in [9.17, 15) is 18.0 Å². The second kappa shape index (κ2) is 6.58. The van der Waals surface area contributed by atoms with Crippen LogP contribution in [0.25, 0.3) is 0 Å². The summed E-state index contributed by atoms with van der Waals surface area (Å²) in [6, 6.07) is 1.63. The third-order valence-electron chi connectivity index (χ3n) is 5.43. The molecule has 1 amide bonds. The quantitative estimate of drug-likeness (QED) is 0.876. The first-order chi connectivity index (χ1) is 12.9. The maximum absolute atomic E-state index is 13.1. The largest absolute Gasteiger partial charge is 0.479 e. The molecule has 1 aliphatic heterocycles. The molecular formula is C17H19F3N4O3. The van der Waals surface area contributed by atoms with Gasteiger partial charge in [0.25, 0.3) is 5.88 Å². The average Bonchev–Trinajstić information content (AvgIpc) is 3.34. The van der Waals surface area contributed by atoms with Crippen molar-refractivity contribution >= 4 is 5.91 Å². The van der Waals surface area contributed by atoms with Gasteiger partial charge in [-0.25, -0.2) is 0 Å². The van der Waals surface area contributed by atoms with Crippen LogP contribution in [-0.4, -0.2) is 46.4 Å². The molecule has 0 aromatic carbocycles. The first-order valence-corrected chi connectivity index (χ1v) is 8.78. The summed E-state index contributed by atoms with van der Waals surface area (Å²) >= 11 is 0. The predicted molar refractivity (Wildman–Crippen MR) is 86.1 cm³/mol. The molecule has 0 spiro atoms. The van der Waals surface area contributed by atoms with E-state index in [-0.39, 0.29) is 29.7 Å². The summed E-state index contributed by atoms with van der Waals surface area (Å²) in [7, 11) is 1.48.